The number of carbonyl (C=O) groups excluding carboxylic acids is 3. The van der Waals surface area contributed by atoms with Gasteiger partial charge >= 0.3 is 0 Å². The summed E-state index contributed by atoms with van der Waals surface area (Å²) < 4.78 is 10.4. The van der Waals surface area contributed by atoms with Crippen LogP contribution in [0.1, 0.15) is 11.1 Å². The Kier molecular flexibility index (Phi) is 8.06. The standard InChI is InChI=1S/C22H20Cl2N2O5S/c1-30-16-6-4-14(18(12-16)31-2)10-20(27)25-7-8-26-21(28)19(32-22(26)29)9-13-3-5-15(23)11-17(13)24/h3-6,9,11-12H,7-8,10H2,1-2H3,(H,25,27)/b19-9-. The van der Waals surface area contributed by atoms with Gasteiger partial charge in [0.25, 0.3) is 11.1 Å². The molecule has 1 heterocycles. The average Bonchev–Trinajstić information content (AvgIpc) is 3.03. The Hall–Kier alpha value is -2.68. The highest BCUT2D eigenvalue weighted by molar-refractivity contribution is 8.18. The van der Waals surface area contributed by atoms with E-state index < -0.39 is 11.1 Å². The highest BCUT2D eigenvalue weighted by Gasteiger charge is 2.34. The molecule has 2 aromatic rings. The van der Waals surface area contributed by atoms with Crippen molar-refractivity contribution in [2.24, 2.45) is 0 Å². The molecule has 0 aliphatic carbocycles. The summed E-state index contributed by atoms with van der Waals surface area (Å²) in [6.07, 6.45) is 1.64. The van der Waals surface area contributed by atoms with Gasteiger partial charge in [-0.25, -0.2) is 0 Å². The molecule has 168 valence electrons. The first kappa shape index (κ1) is 24.0. The van der Waals surface area contributed by atoms with Crippen molar-refractivity contribution in [3.05, 3.63) is 62.5 Å². The molecule has 10 heteroatoms. The number of nitrogens with one attached hydrogen (secondary N) is 1. The first-order valence-corrected chi connectivity index (χ1v) is 11.1. The summed E-state index contributed by atoms with van der Waals surface area (Å²) in [4.78, 5) is 38.5. The molecule has 0 unspecified atom stereocenters. The van der Waals surface area contributed by atoms with Crippen molar-refractivity contribution in [3.63, 3.8) is 0 Å². The molecular formula is C22H20Cl2N2O5S. The molecule has 0 radical (unpaired) electrons. The number of benzene rings is 2. The number of halogens is 2. The van der Waals surface area contributed by atoms with E-state index in [0.29, 0.717) is 32.7 Å². The van der Waals surface area contributed by atoms with E-state index in [1.807, 2.05) is 0 Å². The Morgan fingerprint density at radius 2 is 1.91 bits per heavy atom. The fraction of sp³-hybridized carbons (Fsp3) is 0.227. The molecule has 0 aromatic heterocycles. The quantitative estimate of drug-likeness (QED) is 0.547. The summed E-state index contributed by atoms with van der Waals surface area (Å²) >= 11 is 12.9. The number of ether oxygens (including phenoxy) is 2. The first-order valence-electron chi connectivity index (χ1n) is 9.50. The molecule has 1 saturated heterocycles. The molecule has 1 N–H and O–H groups in total. The second kappa shape index (κ2) is 10.8. The molecule has 0 bridgehead atoms. The number of rotatable bonds is 8. The van der Waals surface area contributed by atoms with Crippen molar-refractivity contribution < 1.29 is 23.9 Å². The maximum absolute atomic E-state index is 12.6. The van der Waals surface area contributed by atoms with Crippen LogP contribution in [0.3, 0.4) is 0 Å². The Morgan fingerprint density at radius 3 is 2.59 bits per heavy atom. The van der Waals surface area contributed by atoms with E-state index in [1.54, 1.807) is 49.6 Å². The summed E-state index contributed by atoms with van der Waals surface area (Å²) in [5.74, 6) is 0.468. The van der Waals surface area contributed by atoms with Gasteiger partial charge < -0.3 is 14.8 Å². The topological polar surface area (TPSA) is 84.9 Å². The molecule has 2 aromatic carbocycles. The summed E-state index contributed by atoms with van der Waals surface area (Å²) in [6.45, 7) is 0.187. The van der Waals surface area contributed by atoms with Gasteiger partial charge in [-0.05, 0) is 41.6 Å². The van der Waals surface area contributed by atoms with Gasteiger partial charge in [0, 0.05) is 34.8 Å². The number of amides is 3. The largest absolute Gasteiger partial charge is 0.497 e. The van der Waals surface area contributed by atoms with Crippen LogP contribution in [0.4, 0.5) is 4.79 Å². The summed E-state index contributed by atoms with van der Waals surface area (Å²) in [5, 5.41) is 3.17. The molecule has 32 heavy (non-hydrogen) atoms. The second-order valence-electron chi connectivity index (χ2n) is 6.70. The number of methoxy groups -OCH3 is 2. The SMILES string of the molecule is COc1ccc(CC(=O)NCCN2C(=O)S/C(=C\c3ccc(Cl)cc3Cl)C2=O)c(OC)c1. The predicted octanol–water partition coefficient (Wildman–Crippen LogP) is 4.41. The molecule has 0 saturated carbocycles. The Balaban J connectivity index is 1.57. The van der Waals surface area contributed by atoms with Crippen molar-refractivity contribution in [2.75, 3.05) is 27.3 Å². The van der Waals surface area contributed by atoms with Crippen LogP contribution in [-0.4, -0.2) is 49.3 Å². The van der Waals surface area contributed by atoms with Gasteiger partial charge in [-0.2, -0.15) is 0 Å². The predicted molar refractivity (Wildman–Crippen MR) is 125 cm³/mol. The number of hydrogen-bond acceptors (Lipinski definition) is 6. The Labute approximate surface area is 199 Å². The monoisotopic (exact) mass is 494 g/mol. The normalized spacial score (nSPS) is 14.8. The maximum Gasteiger partial charge on any atom is 0.293 e. The van der Waals surface area contributed by atoms with E-state index in [2.05, 4.69) is 5.32 Å². The van der Waals surface area contributed by atoms with Gasteiger partial charge in [0.15, 0.2) is 0 Å². The Bertz CT molecular complexity index is 1090. The highest BCUT2D eigenvalue weighted by Crippen LogP contribution is 2.33. The van der Waals surface area contributed by atoms with Gasteiger partial charge in [0.05, 0.1) is 25.5 Å². The molecule has 7 nitrogen and oxygen atoms in total. The molecule has 0 spiro atoms. The third kappa shape index (κ3) is 5.76. The number of nitrogens with zero attached hydrogens (tertiary/aromatic N) is 1. The van der Waals surface area contributed by atoms with E-state index in [4.69, 9.17) is 32.7 Å². The van der Waals surface area contributed by atoms with E-state index in [1.165, 1.54) is 7.11 Å². The lowest BCUT2D eigenvalue weighted by molar-refractivity contribution is -0.124. The van der Waals surface area contributed by atoms with E-state index in [9.17, 15) is 14.4 Å². The van der Waals surface area contributed by atoms with E-state index in [0.717, 1.165) is 16.7 Å². The first-order chi connectivity index (χ1) is 15.3. The van der Waals surface area contributed by atoms with Crippen molar-refractivity contribution in [1.82, 2.24) is 10.2 Å². The van der Waals surface area contributed by atoms with Crippen LogP contribution in [0.2, 0.25) is 10.0 Å². The van der Waals surface area contributed by atoms with Crippen LogP contribution >= 0.6 is 35.0 Å². The molecular weight excluding hydrogens is 475 g/mol. The third-order valence-corrected chi connectivity index (χ3v) is 6.10. The van der Waals surface area contributed by atoms with Crippen molar-refractivity contribution in [1.29, 1.82) is 0 Å². The number of carbonyl (C=O) groups is 3. The average molecular weight is 495 g/mol. The van der Waals surface area contributed by atoms with Crippen molar-refractivity contribution in [3.8, 4) is 11.5 Å². The molecule has 1 aliphatic rings. The highest BCUT2D eigenvalue weighted by atomic mass is 35.5. The fourth-order valence-corrected chi connectivity index (χ4v) is 4.31. The smallest absolute Gasteiger partial charge is 0.293 e. The van der Waals surface area contributed by atoms with Gasteiger partial charge in [-0.3, -0.25) is 19.3 Å². The Morgan fingerprint density at radius 1 is 1.12 bits per heavy atom. The zero-order valence-corrected chi connectivity index (χ0v) is 19.6. The zero-order valence-electron chi connectivity index (χ0n) is 17.3. The van der Waals surface area contributed by atoms with Gasteiger partial charge in [-0.15, -0.1) is 0 Å². The number of imide groups is 1. The maximum atomic E-state index is 12.6. The fourth-order valence-electron chi connectivity index (χ4n) is 2.99. The van der Waals surface area contributed by atoms with Crippen LogP contribution in [0.25, 0.3) is 6.08 Å². The van der Waals surface area contributed by atoms with Gasteiger partial charge in [-0.1, -0.05) is 35.3 Å². The zero-order chi connectivity index (χ0) is 23.3. The van der Waals surface area contributed by atoms with E-state index >= 15 is 0 Å². The summed E-state index contributed by atoms with van der Waals surface area (Å²) in [5.41, 5.74) is 1.28. The molecule has 0 atom stereocenters. The molecule has 3 amide bonds. The van der Waals surface area contributed by atoms with Crippen molar-refractivity contribution >= 4 is 58.1 Å². The van der Waals surface area contributed by atoms with Crippen molar-refractivity contribution in [2.45, 2.75) is 6.42 Å². The lowest BCUT2D eigenvalue weighted by atomic mass is 10.1. The minimum absolute atomic E-state index is 0.0574. The number of hydrogen-bond donors (Lipinski definition) is 1. The molecule has 1 fully saturated rings. The van der Waals surface area contributed by atoms with Gasteiger partial charge in [0.1, 0.15) is 11.5 Å². The minimum Gasteiger partial charge on any atom is -0.497 e. The summed E-state index contributed by atoms with van der Waals surface area (Å²) in [7, 11) is 3.06. The summed E-state index contributed by atoms with van der Waals surface area (Å²) in [6, 6.07) is 10.1. The van der Waals surface area contributed by atoms with E-state index in [-0.39, 0.29) is 30.3 Å². The van der Waals surface area contributed by atoms with Crippen LogP contribution in [0.15, 0.2) is 41.3 Å². The second-order valence-corrected chi connectivity index (χ2v) is 8.54. The van der Waals surface area contributed by atoms with Gasteiger partial charge in [0.2, 0.25) is 5.91 Å². The lowest BCUT2D eigenvalue weighted by Crippen LogP contribution is -2.37. The minimum atomic E-state index is -0.433. The van der Waals surface area contributed by atoms with Crippen LogP contribution in [-0.2, 0) is 16.0 Å². The number of thioether (sulfide) groups is 1. The van der Waals surface area contributed by atoms with Crippen LogP contribution in [0, 0.1) is 0 Å². The third-order valence-electron chi connectivity index (χ3n) is 4.63. The molecule has 1 aliphatic heterocycles. The lowest BCUT2D eigenvalue weighted by Gasteiger charge is -2.14. The van der Waals surface area contributed by atoms with Crippen LogP contribution in [0.5, 0.6) is 11.5 Å². The van der Waals surface area contributed by atoms with Crippen LogP contribution < -0.4 is 14.8 Å². The molecule has 3 rings (SSSR count).